The van der Waals surface area contributed by atoms with Crippen LogP contribution in [-0.2, 0) is 4.79 Å². The lowest BCUT2D eigenvalue weighted by atomic mass is 9.98. The Kier molecular flexibility index (Phi) is 4.70. The molecular formula is C15H21BrN2O2. The molecule has 1 aromatic carbocycles. The van der Waals surface area contributed by atoms with Gasteiger partial charge in [-0.3, -0.25) is 9.69 Å². The summed E-state index contributed by atoms with van der Waals surface area (Å²) in [6, 6.07) is 7.78. The molecule has 0 spiro atoms. The van der Waals surface area contributed by atoms with Crippen molar-refractivity contribution in [3.8, 4) is 5.75 Å². The predicted octanol–water partition coefficient (Wildman–Crippen LogP) is 2.38. The maximum Gasteiger partial charge on any atom is 0.242 e. The van der Waals surface area contributed by atoms with Crippen LogP contribution in [-0.4, -0.2) is 54.5 Å². The number of amides is 1. The van der Waals surface area contributed by atoms with Crippen LogP contribution in [0.15, 0.2) is 28.7 Å². The van der Waals surface area contributed by atoms with Gasteiger partial charge < -0.3 is 9.64 Å². The highest BCUT2D eigenvalue weighted by molar-refractivity contribution is 9.10. The number of piperazine rings is 1. The van der Waals surface area contributed by atoms with E-state index in [1.54, 1.807) is 4.90 Å². The molecule has 5 heteroatoms. The number of likely N-dealkylation sites (N-methyl/N-ethyl adjacent to an activating group) is 1. The standard InChI is InChI=1S/C15H21BrN2O2/c1-15(2)14(19)17(3)8-9-18(15)10-11-20-13-6-4-12(16)5-7-13/h4-7H,8-11H2,1-3H3. The average Bonchev–Trinajstić information content (AvgIpc) is 2.41. The molecule has 0 atom stereocenters. The molecule has 0 aromatic heterocycles. The molecule has 1 aliphatic rings. The van der Waals surface area contributed by atoms with Crippen LogP contribution < -0.4 is 4.74 Å². The van der Waals surface area contributed by atoms with Gasteiger partial charge in [-0.1, -0.05) is 15.9 Å². The highest BCUT2D eigenvalue weighted by Gasteiger charge is 2.39. The van der Waals surface area contributed by atoms with E-state index in [1.807, 2.05) is 45.2 Å². The molecule has 1 aromatic rings. The van der Waals surface area contributed by atoms with E-state index < -0.39 is 5.54 Å². The summed E-state index contributed by atoms with van der Waals surface area (Å²) in [6.45, 7) is 6.96. The van der Waals surface area contributed by atoms with Crippen molar-refractivity contribution in [2.45, 2.75) is 19.4 Å². The molecule has 0 unspecified atom stereocenters. The fraction of sp³-hybridized carbons (Fsp3) is 0.533. The SMILES string of the molecule is CN1CCN(CCOc2ccc(Br)cc2)C(C)(C)C1=O. The first kappa shape index (κ1) is 15.3. The highest BCUT2D eigenvalue weighted by atomic mass is 79.9. The minimum absolute atomic E-state index is 0.174. The number of halogens is 1. The summed E-state index contributed by atoms with van der Waals surface area (Å²) in [5.74, 6) is 1.03. The number of carbonyl (C=O) groups excluding carboxylic acids is 1. The van der Waals surface area contributed by atoms with Crippen LogP contribution in [0.25, 0.3) is 0 Å². The topological polar surface area (TPSA) is 32.8 Å². The van der Waals surface area contributed by atoms with Gasteiger partial charge in [-0.15, -0.1) is 0 Å². The molecule has 0 aliphatic carbocycles. The zero-order valence-electron chi connectivity index (χ0n) is 12.2. The normalized spacial score (nSPS) is 19.2. The number of nitrogens with zero attached hydrogens (tertiary/aromatic N) is 2. The van der Waals surface area contributed by atoms with Crippen molar-refractivity contribution >= 4 is 21.8 Å². The van der Waals surface area contributed by atoms with Crippen molar-refractivity contribution in [1.82, 2.24) is 9.80 Å². The van der Waals surface area contributed by atoms with Crippen molar-refractivity contribution in [2.24, 2.45) is 0 Å². The Hall–Kier alpha value is -1.07. The number of hydrogen-bond acceptors (Lipinski definition) is 3. The maximum absolute atomic E-state index is 12.2. The summed E-state index contributed by atoms with van der Waals surface area (Å²) in [5, 5.41) is 0. The third kappa shape index (κ3) is 3.33. The van der Waals surface area contributed by atoms with E-state index in [9.17, 15) is 4.79 Å². The predicted molar refractivity (Wildman–Crippen MR) is 82.9 cm³/mol. The Balaban J connectivity index is 1.87. The van der Waals surface area contributed by atoms with Gasteiger partial charge in [0.1, 0.15) is 12.4 Å². The summed E-state index contributed by atoms with van der Waals surface area (Å²) in [4.78, 5) is 16.2. The minimum Gasteiger partial charge on any atom is -0.492 e. The number of carbonyl (C=O) groups is 1. The molecule has 20 heavy (non-hydrogen) atoms. The first-order valence-electron chi connectivity index (χ1n) is 6.80. The molecule has 0 bridgehead atoms. The van der Waals surface area contributed by atoms with Gasteiger partial charge in [-0.25, -0.2) is 0 Å². The number of ether oxygens (including phenoxy) is 1. The van der Waals surface area contributed by atoms with Crippen LogP contribution in [0.2, 0.25) is 0 Å². The largest absolute Gasteiger partial charge is 0.492 e. The molecule has 1 heterocycles. The van der Waals surface area contributed by atoms with Crippen molar-refractivity contribution in [3.05, 3.63) is 28.7 Å². The van der Waals surface area contributed by atoms with E-state index in [-0.39, 0.29) is 5.91 Å². The second kappa shape index (κ2) is 6.14. The average molecular weight is 341 g/mol. The van der Waals surface area contributed by atoms with Crippen molar-refractivity contribution in [2.75, 3.05) is 33.3 Å². The third-order valence-corrected chi connectivity index (χ3v) is 4.34. The Morgan fingerprint density at radius 2 is 1.90 bits per heavy atom. The second-order valence-corrected chi connectivity index (χ2v) is 6.49. The van der Waals surface area contributed by atoms with Gasteiger partial charge >= 0.3 is 0 Å². The van der Waals surface area contributed by atoms with E-state index in [2.05, 4.69) is 20.8 Å². The third-order valence-electron chi connectivity index (χ3n) is 3.81. The van der Waals surface area contributed by atoms with E-state index in [0.29, 0.717) is 6.61 Å². The van der Waals surface area contributed by atoms with Gasteiger partial charge in [-0.05, 0) is 38.1 Å². The number of hydrogen-bond donors (Lipinski definition) is 0. The van der Waals surface area contributed by atoms with Gasteiger partial charge in [0.15, 0.2) is 0 Å². The van der Waals surface area contributed by atoms with Crippen LogP contribution in [0, 0.1) is 0 Å². The molecule has 110 valence electrons. The number of rotatable bonds is 4. The molecule has 2 rings (SSSR count). The van der Waals surface area contributed by atoms with Crippen molar-refractivity contribution in [3.63, 3.8) is 0 Å². The fourth-order valence-corrected chi connectivity index (χ4v) is 2.71. The summed E-state index contributed by atoms with van der Waals surface area (Å²) in [7, 11) is 1.86. The zero-order valence-corrected chi connectivity index (χ0v) is 13.8. The quantitative estimate of drug-likeness (QED) is 0.843. The smallest absolute Gasteiger partial charge is 0.242 e. The molecule has 1 amide bonds. The van der Waals surface area contributed by atoms with Gasteiger partial charge in [0.2, 0.25) is 5.91 Å². The molecule has 1 saturated heterocycles. The molecule has 1 aliphatic heterocycles. The Morgan fingerprint density at radius 3 is 2.55 bits per heavy atom. The fourth-order valence-electron chi connectivity index (χ4n) is 2.45. The molecule has 0 saturated carbocycles. The van der Waals surface area contributed by atoms with Crippen LogP contribution in [0.1, 0.15) is 13.8 Å². The molecule has 4 nitrogen and oxygen atoms in total. The van der Waals surface area contributed by atoms with Gasteiger partial charge in [0, 0.05) is 31.2 Å². The lowest BCUT2D eigenvalue weighted by Crippen LogP contribution is -2.62. The number of benzene rings is 1. The van der Waals surface area contributed by atoms with Crippen LogP contribution in [0.3, 0.4) is 0 Å². The van der Waals surface area contributed by atoms with Crippen molar-refractivity contribution < 1.29 is 9.53 Å². The Labute approximate surface area is 128 Å². The minimum atomic E-state index is -0.448. The lowest BCUT2D eigenvalue weighted by molar-refractivity contribution is -0.147. The lowest BCUT2D eigenvalue weighted by Gasteiger charge is -2.44. The van der Waals surface area contributed by atoms with Gasteiger partial charge in [-0.2, -0.15) is 0 Å². The Morgan fingerprint density at radius 1 is 1.25 bits per heavy atom. The van der Waals surface area contributed by atoms with Crippen molar-refractivity contribution in [1.29, 1.82) is 0 Å². The van der Waals surface area contributed by atoms with Gasteiger partial charge in [0.25, 0.3) is 0 Å². The van der Waals surface area contributed by atoms with E-state index in [4.69, 9.17) is 4.74 Å². The van der Waals surface area contributed by atoms with Gasteiger partial charge in [0.05, 0.1) is 5.54 Å². The second-order valence-electron chi connectivity index (χ2n) is 5.58. The monoisotopic (exact) mass is 340 g/mol. The maximum atomic E-state index is 12.2. The molecule has 1 fully saturated rings. The van der Waals surface area contributed by atoms with E-state index >= 15 is 0 Å². The molecular weight excluding hydrogens is 320 g/mol. The van der Waals surface area contributed by atoms with E-state index in [0.717, 1.165) is 29.9 Å². The summed E-state index contributed by atoms with van der Waals surface area (Å²) < 4.78 is 6.77. The Bertz CT molecular complexity index is 473. The zero-order chi connectivity index (χ0) is 14.8. The summed E-state index contributed by atoms with van der Waals surface area (Å²) in [5.41, 5.74) is -0.448. The summed E-state index contributed by atoms with van der Waals surface area (Å²) >= 11 is 3.40. The molecule has 0 N–H and O–H groups in total. The van der Waals surface area contributed by atoms with Crippen LogP contribution >= 0.6 is 15.9 Å². The highest BCUT2D eigenvalue weighted by Crippen LogP contribution is 2.21. The summed E-state index contributed by atoms with van der Waals surface area (Å²) in [6.07, 6.45) is 0. The van der Waals surface area contributed by atoms with Crippen LogP contribution in [0.5, 0.6) is 5.75 Å². The first-order chi connectivity index (χ1) is 9.41. The van der Waals surface area contributed by atoms with E-state index in [1.165, 1.54) is 0 Å². The molecule has 0 radical (unpaired) electrons. The van der Waals surface area contributed by atoms with Crippen LogP contribution in [0.4, 0.5) is 0 Å². The first-order valence-corrected chi connectivity index (χ1v) is 7.59.